The largest absolute Gasteiger partial charge is 0.496 e. The minimum atomic E-state index is -3.40. The van der Waals surface area contributed by atoms with E-state index in [0.717, 1.165) is 36.1 Å². The number of methoxy groups -OCH3 is 1. The molecule has 0 atom stereocenters. The molecule has 6 nitrogen and oxygen atoms in total. The van der Waals surface area contributed by atoms with Crippen LogP contribution < -0.4 is 14.4 Å². The lowest BCUT2D eigenvalue weighted by molar-refractivity contribution is -0.121. The Hall–Kier alpha value is -2.54. The molecule has 7 heteroatoms. The van der Waals surface area contributed by atoms with Crippen LogP contribution in [0.1, 0.15) is 37.3 Å². The second-order valence-electron chi connectivity index (χ2n) is 7.22. The molecule has 0 unspecified atom stereocenters. The SMILES string of the molecule is CCc1ccc(N(CCCC(=O)NCCCc2ccccc2OC)S(C)(=O)=O)cc1. The number of nitrogens with one attached hydrogen (secondary N) is 1. The van der Waals surface area contributed by atoms with E-state index < -0.39 is 10.0 Å². The van der Waals surface area contributed by atoms with Crippen molar-refractivity contribution in [2.75, 3.05) is 30.8 Å². The number of ether oxygens (including phenoxy) is 1. The lowest BCUT2D eigenvalue weighted by Gasteiger charge is -2.22. The average Bonchev–Trinajstić information content (AvgIpc) is 2.74. The highest BCUT2D eigenvalue weighted by molar-refractivity contribution is 7.92. The van der Waals surface area contributed by atoms with Gasteiger partial charge in [0.25, 0.3) is 0 Å². The topological polar surface area (TPSA) is 75.7 Å². The maximum atomic E-state index is 12.2. The zero-order valence-corrected chi connectivity index (χ0v) is 18.9. The lowest BCUT2D eigenvalue weighted by atomic mass is 10.1. The van der Waals surface area contributed by atoms with Gasteiger partial charge in [0.2, 0.25) is 15.9 Å². The number of amides is 1. The van der Waals surface area contributed by atoms with E-state index in [9.17, 15) is 13.2 Å². The van der Waals surface area contributed by atoms with Crippen LogP contribution in [0.3, 0.4) is 0 Å². The van der Waals surface area contributed by atoms with Gasteiger partial charge in [0.05, 0.1) is 19.1 Å². The average molecular weight is 433 g/mol. The molecule has 2 rings (SSSR count). The molecule has 0 fully saturated rings. The van der Waals surface area contributed by atoms with Crippen molar-refractivity contribution in [2.24, 2.45) is 0 Å². The molecular formula is C23H32N2O4S. The minimum absolute atomic E-state index is 0.0650. The van der Waals surface area contributed by atoms with E-state index in [0.29, 0.717) is 18.7 Å². The van der Waals surface area contributed by atoms with Crippen molar-refractivity contribution in [3.8, 4) is 5.75 Å². The number of anilines is 1. The first-order valence-corrected chi connectivity index (χ1v) is 12.1. The smallest absolute Gasteiger partial charge is 0.232 e. The van der Waals surface area contributed by atoms with Crippen molar-refractivity contribution in [1.82, 2.24) is 5.32 Å². The summed E-state index contributed by atoms with van der Waals surface area (Å²) in [6.07, 6.45) is 4.47. The van der Waals surface area contributed by atoms with Gasteiger partial charge in [-0.1, -0.05) is 37.3 Å². The van der Waals surface area contributed by atoms with Gasteiger partial charge in [-0.25, -0.2) is 8.42 Å². The standard InChI is InChI=1S/C23H32N2O4S/c1-4-19-13-15-21(16-14-19)25(30(3,27)28)18-8-12-23(26)24-17-7-10-20-9-5-6-11-22(20)29-2/h5-6,9,11,13-16H,4,7-8,10,12,17-18H2,1-3H3,(H,24,26). The summed E-state index contributed by atoms with van der Waals surface area (Å²) in [5, 5.41) is 2.91. The third kappa shape index (κ3) is 7.37. The van der Waals surface area contributed by atoms with Gasteiger partial charge in [0.15, 0.2) is 0 Å². The predicted octanol–water partition coefficient (Wildman–Crippen LogP) is 3.55. The van der Waals surface area contributed by atoms with E-state index in [2.05, 4.69) is 12.2 Å². The van der Waals surface area contributed by atoms with Crippen LogP contribution in [0.25, 0.3) is 0 Å². The highest BCUT2D eigenvalue weighted by Gasteiger charge is 2.17. The zero-order chi connectivity index (χ0) is 22.0. The van der Waals surface area contributed by atoms with Crippen LogP contribution in [-0.4, -0.2) is 40.8 Å². The van der Waals surface area contributed by atoms with Crippen LogP contribution in [-0.2, 0) is 27.7 Å². The summed E-state index contributed by atoms with van der Waals surface area (Å²) in [6, 6.07) is 15.4. The summed E-state index contributed by atoms with van der Waals surface area (Å²) < 4.78 is 31.0. The van der Waals surface area contributed by atoms with E-state index in [-0.39, 0.29) is 18.9 Å². The van der Waals surface area contributed by atoms with Gasteiger partial charge < -0.3 is 10.1 Å². The summed E-state index contributed by atoms with van der Waals surface area (Å²) in [5.41, 5.74) is 2.90. The van der Waals surface area contributed by atoms with Gasteiger partial charge in [-0.15, -0.1) is 0 Å². The molecule has 0 aliphatic heterocycles. The Balaban J connectivity index is 1.77. The molecule has 0 radical (unpaired) electrons. The Morgan fingerprint density at radius 1 is 1.07 bits per heavy atom. The molecular weight excluding hydrogens is 400 g/mol. The molecule has 0 heterocycles. The number of benzene rings is 2. The predicted molar refractivity (Wildman–Crippen MR) is 122 cm³/mol. The molecule has 164 valence electrons. The fourth-order valence-corrected chi connectivity index (χ4v) is 4.24. The van der Waals surface area contributed by atoms with Crippen molar-refractivity contribution in [3.63, 3.8) is 0 Å². The van der Waals surface area contributed by atoms with E-state index in [1.54, 1.807) is 7.11 Å². The van der Waals surface area contributed by atoms with Crippen LogP contribution in [0, 0.1) is 0 Å². The summed E-state index contributed by atoms with van der Waals surface area (Å²) in [6.45, 7) is 2.91. The number of hydrogen-bond acceptors (Lipinski definition) is 4. The number of nitrogens with zero attached hydrogens (tertiary/aromatic N) is 1. The third-order valence-corrected chi connectivity index (χ3v) is 6.13. The molecule has 1 N–H and O–H groups in total. The van der Waals surface area contributed by atoms with E-state index >= 15 is 0 Å². The van der Waals surface area contributed by atoms with Crippen LogP contribution >= 0.6 is 0 Å². The second-order valence-corrected chi connectivity index (χ2v) is 9.13. The van der Waals surface area contributed by atoms with Crippen molar-refractivity contribution >= 4 is 21.6 Å². The molecule has 0 saturated heterocycles. The van der Waals surface area contributed by atoms with Gasteiger partial charge in [-0.3, -0.25) is 9.10 Å². The monoisotopic (exact) mass is 432 g/mol. The van der Waals surface area contributed by atoms with Gasteiger partial charge in [-0.05, 0) is 55.0 Å². The van der Waals surface area contributed by atoms with Crippen LogP contribution in [0.2, 0.25) is 0 Å². The minimum Gasteiger partial charge on any atom is -0.496 e. The molecule has 1 amide bonds. The van der Waals surface area contributed by atoms with E-state index in [4.69, 9.17) is 4.74 Å². The number of hydrogen-bond donors (Lipinski definition) is 1. The summed E-state index contributed by atoms with van der Waals surface area (Å²) >= 11 is 0. The Bertz CT molecular complexity index is 911. The molecule has 0 spiro atoms. The summed E-state index contributed by atoms with van der Waals surface area (Å²) in [7, 11) is -1.75. The first-order chi connectivity index (χ1) is 14.3. The van der Waals surface area contributed by atoms with Crippen molar-refractivity contribution in [2.45, 2.75) is 39.0 Å². The highest BCUT2D eigenvalue weighted by Crippen LogP contribution is 2.20. The fourth-order valence-electron chi connectivity index (χ4n) is 3.27. The number of rotatable bonds is 12. The maximum Gasteiger partial charge on any atom is 0.232 e. The van der Waals surface area contributed by atoms with Crippen molar-refractivity contribution < 1.29 is 17.9 Å². The second kappa shape index (κ2) is 11.6. The Kier molecular flexibility index (Phi) is 9.17. The highest BCUT2D eigenvalue weighted by atomic mass is 32.2. The number of carbonyl (C=O) groups excluding carboxylic acids is 1. The number of sulfonamides is 1. The normalized spacial score (nSPS) is 11.2. The zero-order valence-electron chi connectivity index (χ0n) is 18.1. The number of aryl methyl sites for hydroxylation is 2. The molecule has 0 aliphatic carbocycles. The van der Waals surface area contributed by atoms with Crippen LogP contribution in [0.4, 0.5) is 5.69 Å². The van der Waals surface area contributed by atoms with E-state index in [1.807, 2.05) is 48.5 Å². The molecule has 2 aromatic carbocycles. The quantitative estimate of drug-likeness (QED) is 0.521. The van der Waals surface area contributed by atoms with E-state index in [1.165, 1.54) is 10.6 Å². The Labute approximate surface area is 180 Å². The fraction of sp³-hybridized carbons (Fsp3) is 0.435. The number of carbonyl (C=O) groups is 1. The molecule has 30 heavy (non-hydrogen) atoms. The molecule has 2 aromatic rings. The van der Waals surface area contributed by atoms with Crippen molar-refractivity contribution in [1.29, 1.82) is 0 Å². The van der Waals surface area contributed by atoms with Gasteiger partial charge >= 0.3 is 0 Å². The van der Waals surface area contributed by atoms with Gasteiger partial charge in [0, 0.05) is 19.5 Å². The molecule has 0 aromatic heterocycles. The molecule has 0 bridgehead atoms. The Morgan fingerprint density at radius 3 is 2.40 bits per heavy atom. The summed E-state index contributed by atoms with van der Waals surface area (Å²) in [5.74, 6) is 0.793. The third-order valence-electron chi connectivity index (χ3n) is 4.94. The maximum absolute atomic E-state index is 12.2. The lowest BCUT2D eigenvalue weighted by Crippen LogP contribution is -2.32. The molecule has 0 saturated carbocycles. The van der Waals surface area contributed by atoms with Crippen LogP contribution in [0.5, 0.6) is 5.75 Å². The number of para-hydroxylation sites is 1. The van der Waals surface area contributed by atoms with Crippen LogP contribution in [0.15, 0.2) is 48.5 Å². The molecule has 0 aliphatic rings. The Morgan fingerprint density at radius 2 is 1.77 bits per heavy atom. The van der Waals surface area contributed by atoms with Gasteiger partial charge in [-0.2, -0.15) is 0 Å². The first-order valence-electron chi connectivity index (χ1n) is 10.3. The van der Waals surface area contributed by atoms with Crippen molar-refractivity contribution in [3.05, 3.63) is 59.7 Å². The van der Waals surface area contributed by atoms with Gasteiger partial charge in [0.1, 0.15) is 5.75 Å². The first kappa shape index (κ1) is 23.7. The summed E-state index contributed by atoms with van der Waals surface area (Å²) in [4.78, 5) is 12.1.